The van der Waals surface area contributed by atoms with Gasteiger partial charge >= 0.3 is 5.97 Å². The fourth-order valence-corrected chi connectivity index (χ4v) is 1.29. The Kier molecular flexibility index (Phi) is 5.11. The molecule has 0 heterocycles. The van der Waals surface area contributed by atoms with E-state index in [0.717, 1.165) is 11.3 Å². The molecule has 0 bridgehead atoms. The van der Waals surface area contributed by atoms with Gasteiger partial charge < -0.3 is 15.7 Å². The number of hydrogen-bond donors (Lipinski definition) is 3. The molecule has 0 aliphatic carbocycles. The van der Waals surface area contributed by atoms with E-state index in [0.29, 0.717) is 0 Å². The van der Waals surface area contributed by atoms with Crippen molar-refractivity contribution in [3.63, 3.8) is 0 Å². The number of aliphatic carboxylic acids is 1. The molecule has 1 amide bonds. The van der Waals surface area contributed by atoms with Gasteiger partial charge in [0, 0.05) is 11.9 Å². The molecular formula is C13H13N3O3. The van der Waals surface area contributed by atoms with Crippen LogP contribution in [0.2, 0.25) is 0 Å². The fourth-order valence-electron chi connectivity index (χ4n) is 1.29. The first-order valence-electron chi connectivity index (χ1n) is 5.46. The highest BCUT2D eigenvalue weighted by atomic mass is 16.4. The Hall–Kier alpha value is -2.81. The summed E-state index contributed by atoms with van der Waals surface area (Å²) in [5.41, 5.74) is 1.58. The summed E-state index contributed by atoms with van der Waals surface area (Å²) in [6.45, 7) is 1.39. The van der Waals surface area contributed by atoms with Crippen molar-refractivity contribution in [1.82, 2.24) is 5.32 Å². The molecule has 0 saturated carbocycles. The fraction of sp³-hybridized carbons (Fsp3) is 0.154. The number of nitriles is 1. The van der Waals surface area contributed by atoms with Gasteiger partial charge in [-0.3, -0.25) is 9.59 Å². The summed E-state index contributed by atoms with van der Waals surface area (Å²) in [4.78, 5) is 21.8. The molecule has 6 heteroatoms. The average molecular weight is 259 g/mol. The number of carbonyl (C=O) groups excluding carboxylic acids is 1. The van der Waals surface area contributed by atoms with Crippen LogP contribution in [0.1, 0.15) is 5.56 Å². The first kappa shape index (κ1) is 14.3. The molecule has 1 aromatic carbocycles. The average Bonchev–Trinajstić information content (AvgIpc) is 2.37. The van der Waals surface area contributed by atoms with Crippen LogP contribution in [0.4, 0.5) is 5.69 Å². The van der Waals surface area contributed by atoms with E-state index in [9.17, 15) is 9.59 Å². The van der Waals surface area contributed by atoms with Gasteiger partial charge in [0.25, 0.3) is 5.91 Å². The third kappa shape index (κ3) is 4.91. The lowest BCUT2D eigenvalue weighted by molar-refractivity contribution is -0.137. The summed E-state index contributed by atoms with van der Waals surface area (Å²) in [5.74, 6) is -1.90. The Balaban J connectivity index is 2.69. The number of amides is 1. The van der Waals surface area contributed by atoms with Crippen molar-refractivity contribution in [1.29, 1.82) is 5.26 Å². The van der Waals surface area contributed by atoms with Crippen molar-refractivity contribution >= 4 is 17.6 Å². The number of nitrogens with zero attached hydrogens (tertiary/aromatic N) is 1. The van der Waals surface area contributed by atoms with E-state index < -0.39 is 18.4 Å². The number of nitrogens with one attached hydrogen (secondary N) is 2. The van der Waals surface area contributed by atoms with E-state index in [-0.39, 0.29) is 5.57 Å². The van der Waals surface area contributed by atoms with E-state index in [1.165, 1.54) is 6.20 Å². The molecule has 0 aliphatic heterocycles. The Morgan fingerprint density at radius 2 is 2.21 bits per heavy atom. The Labute approximate surface area is 110 Å². The van der Waals surface area contributed by atoms with E-state index >= 15 is 0 Å². The summed E-state index contributed by atoms with van der Waals surface area (Å²) in [7, 11) is 0. The molecule has 1 aromatic rings. The molecule has 1 rings (SSSR count). The minimum absolute atomic E-state index is 0.192. The molecule has 3 N–H and O–H groups in total. The van der Waals surface area contributed by atoms with E-state index in [4.69, 9.17) is 10.4 Å². The molecule has 0 saturated heterocycles. The Morgan fingerprint density at radius 3 is 2.79 bits per heavy atom. The molecule has 0 aromatic heterocycles. The largest absolute Gasteiger partial charge is 0.480 e. The van der Waals surface area contributed by atoms with Gasteiger partial charge in [-0.2, -0.15) is 5.26 Å². The molecule has 98 valence electrons. The SMILES string of the molecule is Cc1cccc(N/C=C(/C#N)C(=O)NCC(=O)O)c1. The van der Waals surface area contributed by atoms with Crippen LogP contribution in [0.15, 0.2) is 36.0 Å². The van der Waals surface area contributed by atoms with Gasteiger partial charge in [0.2, 0.25) is 0 Å². The highest BCUT2D eigenvalue weighted by Crippen LogP contribution is 2.09. The Morgan fingerprint density at radius 1 is 1.47 bits per heavy atom. The number of rotatable bonds is 5. The minimum atomic E-state index is -1.17. The van der Waals surface area contributed by atoms with E-state index in [1.54, 1.807) is 12.1 Å². The lowest BCUT2D eigenvalue weighted by Gasteiger charge is -2.04. The number of anilines is 1. The first-order valence-corrected chi connectivity index (χ1v) is 5.46. The molecule has 6 nitrogen and oxygen atoms in total. The summed E-state index contributed by atoms with van der Waals surface area (Å²) in [6, 6.07) is 9.09. The maximum absolute atomic E-state index is 11.5. The van der Waals surface area contributed by atoms with Gasteiger partial charge in [-0.05, 0) is 24.6 Å². The van der Waals surface area contributed by atoms with Crippen molar-refractivity contribution in [2.45, 2.75) is 6.92 Å². The van der Waals surface area contributed by atoms with Gasteiger partial charge in [-0.25, -0.2) is 0 Å². The quantitative estimate of drug-likeness (QED) is 0.541. The number of benzene rings is 1. The van der Waals surface area contributed by atoms with E-state index in [2.05, 4.69) is 10.6 Å². The second kappa shape index (κ2) is 6.81. The van der Waals surface area contributed by atoms with Crippen LogP contribution in [0, 0.1) is 18.3 Å². The highest BCUT2D eigenvalue weighted by molar-refractivity contribution is 5.98. The molecule has 0 unspecified atom stereocenters. The minimum Gasteiger partial charge on any atom is -0.480 e. The number of carbonyl (C=O) groups is 2. The van der Waals surface area contributed by atoms with Crippen molar-refractivity contribution in [2.24, 2.45) is 0 Å². The zero-order chi connectivity index (χ0) is 14.3. The van der Waals surface area contributed by atoms with Crippen LogP contribution < -0.4 is 10.6 Å². The second-order valence-corrected chi connectivity index (χ2v) is 3.76. The molecule has 0 atom stereocenters. The van der Waals surface area contributed by atoms with Gasteiger partial charge in [0.05, 0.1) is 0 Å². The van der Waals surface area contributed by atoms with Crippen LogP contribution >= 0.6 is 0 Å². The second-order valence-electron chi connectivity index (χ2n) is 3.76. The Bertz CT molecular complexity index is 558. The number of carboxylic acids is 1. The summed E-state index contributed by atoms with van der Waals surface area (Å²) in [5, 5.41) is 22.2. The molecule has 0 radical (unpaired) electrons. The third-order valence-electron chi connectivity index (χ3n) is 2.17. The molecule has 0 aliphatic rings. The van der Waals surface area contributed by atoms with Crippen LogP contribution in [0.5, 0.6) is 0 Å². The summed E-state index contributed by atoms with van der Waals surface area (Å²) >= 11 is 0. The number of hydrogen-bond acceptors (Lipinski definition) is 4. The zero-order valence-electron chi connectivity index (χ0n) is 10.3. The van der Waals surface area contributed by atoms with Crippen LogP contribution in [0.3, 0.4) is 0 Å². The zero-order valence-corrected chi connectivity index (χ0v) is 10.3. The van der Waals surface area contributed by atoms with Gasteiger partial charge in [-0.15, -0.1) is 0 Å². The third-order valence-corrected chi connectivity index (χ3v) is 2.17. The summed E-state index contributed by atoms with van der Waals surface area (Å²) in [6.07, 6.45) is 1.24. The number of carboxylic acid groups (broad SMARTS) is 1. The first-order chi connectivity index (χ1) is 9.02. The van der Waals surface area contributed by atoms with Crippen molar-refractivity contribution < 1.29 is 14.7 Å². The van der Waals surface area contributed by atoms with Gasteiger partial charge in [0.15, 0.2) is 0 Å². The summed E-state index contributed by atoms with van der Waals surface area (Å²) < 4.78 is 0. The molecule has 0 fully saturated rings. The topological polar surface area (TPSA) is 102 Å². The maximum atomic E-state index is 11.5. The number of aryl methyl sites for hydroxylation is 1. The van der Waals surface area contributed by atoms with Crippen LogP contribution in [-0.4, -0.2) is 23.5 Å². The predicted octanol–water partition coefficient (Wildman–Crippen LogP) is 1.02. The standard InChI is InChI=1S/C13H13N3O3/c1-9-3-2-4-11(5-9)15-7-10(6-14)13(19)16-8-12(17)18/h2-5,7,15H,8H2,1H3,(H,16,19)(H,17,18)/b10-7-. The van der Waals surface area contributed by atoms with Crippen molar-refractivity contribution in [3.8, 4) is 6.07 Å². The van der Waals surface area contributed by atoms with Crippen LogP contribution in [-0.2, 0) is 9.59 Å². The van der Waals surface area contributed by atoms with Gasteiger partial charge in [0.1, 0.15) is 18.2 Å². The lowest BCUT2D eigenvalue weighted by atomic mass is 10.2. The maximum Gasteiger partial charge on any atom is 0.322 e. The normalized spacial score (nSPS) is 10.4. The molecular weight excluding hydrogens is 246 g/mol. The van der Waals surface area contributed by atoms with Crippen LogP contribution in [0.25, 0.3) is 0 Å². The lowest BCUT2D eigenvalue weighted by Crippen LogP contribution is -2.30. The smallest absolute Gasteiger partial charge is 0.322 e. The van der Waals surface area contributed by atoms with Gasteiger partial charge in [-0.1, -0.05) is 12.1 Å². The molecule has 0 spiro atoms. The monoisotopic (exact) mass is 259 g/mol. The van der Waals surface area contributed by atoms with E-state index in [1.807, 2.05) is 25.1 Å². The predicted molar refractivity (Wildman–Crippen MR) is 69.1 cm³/mol. The van der Waals surface area contributed by atoms with Crippen molar-refractivity contribution in [3.05, 3.63) is 41.6 Å². The highest BCUT2D eigenvalue weighted by Gasteiger charge is 2.09. The molecule has 19 heavy (non-hydrogen) atoms. The van der Waals surface area contributed by atoms with Crippen molar-refractivity contribution in [2.75, 3.05) is 11.9 Å².